The predicted molar refractivity (Wildman–Crippen MR) is 92.2 cm³/mol. The minimum atomic E-state index is -0.715. The summed E-state index contributed by atoms with van der Waals surface area (Å²) in [4.78, 5) is 31.9. The molecule has 136 valence electrons. The van der Waals surface area contributed by atoms with Crippen molar-refractivity contribution in [2.24, 2.45) is 0 Å². The Hall–Kier alpha value is -2.51. The summed E-state index contributed by atoms with van der Waals surface area (Å²) in [6.45, 7) is 6.78. The highest BCUT2D eigenvalue weighted by Gasteiger charge is 2.49. The molecule has 1 spiro atoms. The number of amides is 2. The smallest absolute Gasteiger partial charge is 0.415 e. The van der Waals surface area contributed by atoms with Gasteiger partial charge in [-0.15, -0.1) is 0 Å². The molecule has 2 fully saturated rings. The Morgan fingerprint density at radius 3 is 2.76 bits per heavy atom. The largest absolute Gasteiger partial charge is 0.444 e. The second kappa shape index (κ2) is 6.09. The van der Waals surface area contributed by atoms with Crippen molar-refractivity contribution in [3.05, 3.63) is 18.3 Å². The zero-order valence-corrected chi connectivity index (χ0v) is 14.8. The molecule has 0 saturated carbocycles. The molecule has 8 heteroatoms. The van der Waals surface area contributed by atoms with E-state index in [9.17, 15) is 9.59 Å². The van der Waals surface area contributed by atoms with Gasteiger partial charge in [0.1, 0.15) is 17.0 Å². The van der Waals surface area contributed by atoms with E-state index in [-0.39, 0.29) is 6.09 Å². The Morgan fingerprint density at radius 2 is 2.12 bits per heavy atom. The van der Waals surface area contributed by atoms with E-state index >= 15 is 0 Å². The summed E-state index contributed by atoms with van der Waals surface area (Å²) in [7, 11) is 0. The van der Waals surface area contributed by atoms with Crippen molar-refractivity contribution in [2.75, 3.05) is 30.3 Å². The van der Waals surface area contributed by atoms with Crippen molar-refractivity contribution in [1.82, 2.24) is 9.88 Å². The molecule has 2 amide bonds. The van der Waals surface area contributed by atoms with Gasteiger partial charge in [-0.25, -0.2) is 14.6 Å². The number of anilines is 2. The Bertz CT molecular complexity index is 670. The fourth-order valence-electron chi connectivity index (χ4n) is 3.17. The molecule has 1 aromatic heterocycles. The quantitative estimate of drug-likeness (QED) is 0.837. The van der Waals surface area contributed by atoms with Crippen LogP contribution in [0.1, 0.15) is 33.6 Å². The molecule has 25 heavy (non-hydrogen) atoms. The second-order valence-corrected chi connectivity index (χ2v) is 7.58. The van der Waals surface area contributed by atoms with E-state index in [2.05, 4.69) is 4.98 Å². The third-order valence-corrected chi connectivity index (χ3v) is 4.24. The van der Waals surface area contributed by atoms with E-state index in [0.29, 0.717) is 37.6 Å². The highest BCUT2D eigenvalue weighted by Crippen LogP contribution is 2.35. The molecule has 2 N–H and O–H groups in total. The van der Waals surface area contributed by atoms with Gasteiger partial charge in [-0.05, 0) is 45.7 Å². The predicted octanol–water partition coefficient (Wildman–Crippen LogP) is 2.39. The first-order chi connectivity index (χ1) is 11.7. The molecule has 3 rings (SSSR count). The zero-order chi connectivity index (χ0) is 18.2. The number of pyridine rings is 1. The van der Waals surface area contributed by atoms with Gasteiger partial charge in [0.2, 0.25) is 0 Å². The Kier molecular flexibility index (Phi) is 4.22. The number of nitrogens with zero attached hydrogens (tertiary/aromatic N) is 3. The van der Waals surface area contributed by atoms with Crippen LogP contribution in [0, 0.1) is 0 Å². The number of nitrogen functional groups attached to an aromatic ring is 1. The maximum Gasteiger partial charge on any atom is 0.415 e. The molecule has 2 saturated heterocycles. The number of hydrogen-bond acceptors (Lipinski definition) is 6. The fourth-order valence-corrected chi connectivity index (χ4v) is 3.17. The van der Waals surface area contributed by atoms with Gasteiger partial charge in [-0.2, -0.15) is 0 Å². The van der Waals surface area contributed by atoms with Crippen LogP contribution >= 0.6 is 0 Å². The zero-order valence-electron chi connectivity index (χ0n) is 14.8. The van der Waals surface area contributed by atoms with Crippen LogP contribution in [0.15, 0.2) is 18.3 Å². The van der Waals surface area contributed by atoms with Gasteiger partial charge in [0.05, 0.1) is 25.0 Å². The lowest BCUT2D eigenvalue weighted by atomic mass is 9.93. The molecule has 0 bridgehead atoms. The number of carbonyl (C=O) groups is 2. The van der Waals surface area contributed by atoms with Gasteiger partial charge in [-0.3, -0.25) is 4.90 Å². The van der Waals surface area contributed by atoms with Crippen molar-refractivity contribution in [3.8, 4) is 0 Å². The van der Waals surface area contributed by atoms with Crippen molar-refractivity contribution < 1.29 is 19.1 Å². The van der Waals surface area contributed by atoms with Crippen LogP contribution in [0.2, 0.25) is 0 Å². The number of nitrogens with two attached hydrogens (primary N) is 1. The lowest BCUT2D eigenvalue weighted by Crippen LogP contribution is -2.53. The van der Waals surface area contributed by atoms with E-state index < -0.39 is 17.3 Å². The SMILES string of the molecule is CC(C)(C)OC(=O)N1CCC[C@]2(C1)CN(c1ccc(N)nc1)C(=O)O2. The summed E-state index contributed by atoms with van der Waals surface area (Å²) in [5.41, 5.74) is 4.95. The Labute approximate surface area is 146 Å². The van der Waals surface area contributed by atoms with Gasteiger partial charge in [0.25, 0.3) is 0 Å². The molecule has 3 heterocycles. The van der Waals surface area contributed by atoms with Crippen molar-refractivity contribution in [1.29, 1.82) is 0 Å². The summed E-state index contributed by atoms with van der Waals surface area (Å²) < 4.78 is 11.1. The van der Waals surface area contributed by atoms with E-state index in [4.69, 9.17) is 15.2 Å². The van der Waals surface area contributed by atoms with Gasteiger partial charge in [0.15, 0.2) is 0 Å². The van der Waals surface area contributed by atoms with Gasteiger partial charge >= 0.3 is 12.2 Å². The van der Waals surface area contributed by atoms with Crippen LogP contribution < -0.4 is 10.6 Å². The number of piperidine rings is 1. The molecule has 0 unspecified atom stereocenters. The molecule has 0 aromatic carbocycles. The minimum absolute atomic E-state index is 0.326. The Balaban J connectivity index is 1.73. The molecule has 8 nitrogen and oxygen atoms in total. The third kappa shape index (κ3) is 3.78. The molecular weight excluding hydrogens is 324 g/mol. The average molecular weight is 348 g/mol. The van der Waals surface area contributed by atoms with Crippen LogP contribution in [0.25, 0.3) is 0 Å². The van der Waals surface area contributed by atoms with Crippen molar-refractivity contribution >= 4 is 23.7 Å². The summed E-state index contributed by atoms with van der Waals surface area (Å²) >= 11 is 0. The average Bonchev–Trinajstić information content (AvgIpc) is 2.82. The summed E-state index contributed by atoms with van der Waals surface area (Å²) in [6.07, 6.45) is 2.19. The number of hydrogen-bond donors (Lipinski definition) is 1. The normalized spacial score (nSPS) is 23.7. The van der Waals surface area contributed by atoms with E-state index in [1.165, 1.54) is 4.90 Å². The lowest BCUT2D eigenvalue weighted by Gasteiger charge is -2.38. The first kappa shape index (κ1) is 17.3. The van der Waals surface area contributed by atoms with Crippen LogP contribution in [0.5, 0.6) is 0 Å². The monoisotopic (exact) mass is 348 g/mol. The molecule has 1 atom stereocenters. The van der Waals surface area contributed by atoms with Crippen molar-refractivity contribution in [2.45, 2.75) is 44.8 Å². The van der Waals surface area contributed by atoms with Crippen LogP contribution in [0.4, 0.5) is 21.1 Å². The molecule has 1 aromatic rings. The molecule has 0 aliphatic carbocycles. The number of likely N-dealkylation sites (tertiary alicyclic amines) is 1. The summed E-state index contributed by atoms with van der Waals surface area (Å²) in [5.74, 6) is 0.389. The van der Waals surface area contributed by atoms with Crippen LogP contribution in [-0.4, -0.2) is 52.9 Å². The van der Waals surface area contributed by atoms with Gasteiger partial charge in [0, 0.05) is 6.54 Å². The van der Waals surface area contributed by atoms with E-state index in [0.717, 1.165) is 6.42 Å². The second-order valence-electron chi connectivity index (χ2n) is 7.58. The topological polar surface area (TPSA) is 98.0 Å². The molecule has 2 aliphatic heterocycles. The Morgan fingerprint density at radius 1 is 1.36 bits per heavy atom. The highest BCUT2D eigenvalue weighted by atomic mass is 16.6. The fraction of sp³-hybridized carbons (Fsp3) is 0.588. The number of carbonyl (C=O) groups excluding carboxylic acids is 2. The molecular formula is C17H24N4O4. The maximum atomic E-state index is 12.4. The summed E-state index contributed by atoms with van der Waals surface area (Å²) in [5, 5.41) is 0. The maximum absolute atomic E-state index is 12.4. The minimum Gasteiger partial charge on any atom is -0.444 e. The summed E-state index contributed by atoms with van der Waals surface area (Å²) in [6, 6.07) is 3.37. The first-order valence-corrected chi connectivity index (χ1v) is 8.37. The van der Waals surface area contributed by atoms with Crippen molar-refractivity contribution in [3.63, 3.8) is 0 Å². The van der Waals surface area contributed by atoms with Crippen LogP contribution in [-0.2, 0) is 9.47 Å². The molecule has 0 radical (unpaired) electrons. The first-order valence-electron chi connectivity index (χ1n) is 8.37. The van der Waals surface area contributed by atoms with E-state index in [1.54, 1.807) is 23.2 Å². The molecule has 2 aliphatic rings. The number of ether oxygens (including phenoxy) is 2. The third-order valence-electron chi connectivity index (χ3n) is 4.24. The number of rotatable bonds is 1. The van der Waals surface area contributed by atoms with E-state index in [1.807, 2.05) is 20.8 Å². The van der Waals surface area contributed by atoms with Gasteiger partial charge < -0.3 is 20.1 Å². The lowest BCUT2D eigenvalue weighted by molar-refractivity contribution is -0.0275. The van der Waals surface area contributed by atoms with Crippen LogP contribution in [0.3, 0.4) is 0 Å². The standard InChI is InChI=1S/C17H24N4O4/c1-16(2,3)24-14(22)20-8-4-7-17(10-20)11-21(15(23)25-17)12-5-6-13(18)19-9-12/h5-6,9H,4,7-8,10-11H2,1-3H3,(H2,18,19)/t17-/m0/s1. The van der Waals surface area contributed by atoms with Gasteiger partial charge in [-0.1, -0.05) is 0 Å². The highest BCUT2D eigenvalue weighted by molar-refractivity contribution is 5.90. The number of aromatic nitrogens is 1.